The van der Waals surface area contributed by atoms with Gasteiger partial charge < -0.3 is 10.6 Å². The van der Waals surface area contributed by atoms with E-state index in [2.05, 4.69) is 70.2 Å². The lowest BCUT2D eigenvalue weighted by Gasteiger charge is -2.22. The lowest BCUT2D eigenvalue weighted by atomic mass is 10.0. The molecule has 2 aromatic rings. The molecular formula is C17H19BrN2. The molecule has 0 fully saturated rings. The zero-order valence-corrected chi connectivity index (χ0v) is 13.2. The van der Waals surface area contributed by atoms with Crippen molar-refractivity contribution in [3.05, 3.63) is 63.6 Å². The quantitative estimate of drug-likeness (QED) is 0.925. The van der Waals surface area contributed by atoms with E-state index in [1.165, 1.54) is 22.4 Å². The Bertz CT molecular complexity index is 597. The highest BCUT2D eigenvalue weighted by Gasteiger charge is 2.21. The molecule has 1 unspecified atom stereocenters. The Balaban J connectivity index is 1.92. The molecule has 0 bridgehead atoms. The SMILES string of the molecule is CC(N)Cc1cc(Br)ccc1N1Cc2ccccc2C1. The molecule has 2 aromatic carbocycles. The first-order valence-corrected chi connectivity index (χ1v) is 7.78. The topological polar surface area (TPSA) is 29.3 Å². The van der Waals surface area contributed by atoms with Gasteiger partial charge in [0.2, 0.25) is 0 Å². The zero-order chi connectivity index (χ0) is 14.1. The molecule has 104 valence electrons. The van der Waals surface area contributed by atoms with Gasteiger partial charge in [0.05, 0.1) is 0 Å². The molecule has 2 nitrogen and oxygen atoms in total. The van der Waals surface area contributed by atoms with Crippen molar-refractivity contribution in [1.82, 2.24) is 0 Å². The maximum Gasteiger partial charge on any atom is 0.0436 e. The number of fused-ring (bicyclic) bond motifs is 1. The van der Waals surface area contributed by atoms with Crippen LogP contribution in [0.5, 0.6) is 0 Å². The van der Waals surface area contributed by atoms with Crippen LogP contribution in [-0.4, -0.2) is 6.04 Å². The third-order valence-electron chi connectivity index (χ3n) is 3.76. The second-order valence-electron chi connectivity index (χ2n) is 5.58. The van der Waals surface area contributed by atoms with Crippen molar-refractivity contribution in [3.8, 4) is 0 Å². The molecule has 0 aliphatic carbocycles. The lowest BCUT2D eigenvalue weighted by molar-refractivity contribution is 0.731. The molecule has 1 atom stereocenters. The van der Waals surface area contributed by atoms with Gasteiger partial charge in [-0.2, -0.15) is 0 Å². The van der Waals surface area contributed by atoms with Gasteiger partial charge in [-0.15, -0.1) is 0 Å². The van der Waals surface area contributed by atoms with Crippen LogP contribution in [0.4, 0.5) is 5.69 Å². The fourth-order valence-corrected chi connectivity index (χ4v) is 3.28. The number of rotatable bonds is 3. The Morgan fingerprint density at radius 3 is 2.40 bits per heavy atom. The maximum absolute atomic E-state index is 5.99. The molecule has 20 heavy (non-hydrogen) atoms. The number of anilines is 1. The highest BCUT2D eigenvalue weighted by molar-refractivity contribution is 9.10. The summed E-state index contributed by atoms with van der Waals surface area (Å²) in [5.41, 5.74) is 11.5. The Morgan fingerprint density at radius 1 is 1.15 bits per heavy atom. The van der Waals surface area contributed by atoms with Crippen molar-refractivity contribution in [1.29, 1.82) is 0 Å². The van der Waals surface area contributed by atoms with Gasteiger partial charge in [0, 0.05) is 29.3 Å². The van der Waals surface area contributed by atoms with Gasteiger partial charge in [0.25, 0.3) is 0 Å². The minimum Gasteiger partial charge on any atom is -0.363 e. The fourth-order valence-electron chi connectivity index (χ4n) is 2.88. The van der Waals surface area contributed by atoms with E-state index in [1.54, 1.807) is 0 Å². The number of hydrogen-bond donors (Lipinski definition) is 1. The van der Waals surface area contributed by atoms with Crippen LogP contribution in [0.3, 0.4) is 0 Å². The van der Waals surface area contributed by atoms with Crippen LogP contribution in [0.15, 0.2) is 46.9 Å². The lowest BCUT2D eigenvalue weighted by Crippen LogP contribution is -2.21. The molecule has 3 heteroatoms. The normalized spacial score (nSPS) is 15.2. The van der Waals surface area contributed by atoms with Crippen molar-refractivity contribution in [2.75, 3.05) is 4.90 Å². The van der Waals surface area contributed by atoms with E-state index in [9.17, 15) is 0 Å². The van der Waals surface area contributed by atoms with Gasteiger partial charge in [0.1, 0.15) is 0 Å². The van der Waals surface area contributed by atoms with Crippen LogP contribution in [0, 0.1) is 0 Å². The van der Waals surface area contributed by atoms with E-state index >= 15 is 0 Å². The first-order chi connectivity index (χ1) is 9.63. The highest BCUT2D eigenvalue weighted by Crippen LogP contribution is 2.32. The molecule has 0 spiro atoms. The Kier molecular flexibility index (Phi) is 3.81. The summed E-state index contributed by atoms with van der Waals surface area (Å²) in [5.74, 6) is 0. The van der Waals surface area contributed by atoms with Crippen LogP contribution >= 0.6 is 15.9 Å². The smallest absolute Gasteiger partial charge is 0.0436 e. The van der Waals surface area contributed by atoms with Gasteiger partial charge in [-0.05, 0) is 48.2 Å². The van der Waals surface area contributed by atoms with Crippen molar-refractivity contribution >= 4 is 21.6 Å². The number of nitrogens with two attached hydrogens (primary N) is 1. The van der Waals surface area contributed by atoms with E-state index in [4.69, 9.17) is 5.73 Å². The van der Waals surface area contributed by atoms with Crippen LogP contribution in [0.1, 0.15) is 23.6 Å². The molecule has 2 N–H and O–H groups in total. The average molecular weight is 331 g/mol. The summed E-state index contributed by atoms with van der Waals surface area (Å²) >= 11 is 3.56. The van der Waals surface area contributed by atoms with Crippen LogP contribution in [0.2, 0.25) is 0 Å². The highest BCUT2D eigenvalue weighted by atomic mass is 79.9. The summed E-state index contributed by atoms with van der Waals surface area (Å²) < 4.78 is 1.12. The van der Waals surface area contributed by atoms with Crippen LogP contribution in [-0.2, 0) is 19.5 Å². The third-order valence-corrected chi connectivity index (χ3v) is 4.26. The molecule has 0 amide bonds. The largest absolute Gasteiger partial charge is 0.363 e. The number of hydrogen-bond acceptors (Lipinski definition) is 2. The molecular weight excluding hydrogens is 312 g/mol. The monoisotopic (exact) mass is 330 g/mol. The molecule has 0 saturated carbocycles. The van der Waals surface area contributed by atoms with Gasteiger partial charge in [-0.1, -0.05) is 40.2 Å². The molecule has 1 heterocycles. The summed E-state index contributed by atoms with van der Waals surface area (Å²) in [6, 6.07) is 15.4. The van der Waals surface area contributed by atoms with Gasteiger partial charge >= 0.3 is 0 Å². The summed E-state index contributed by atoms with van der Waals surface area (Å²) in [5, 5.41) is 0. The van der Waals surface area contributed by atoms with Crippen molar-refractivity contribution < 1.29 is 0 Å². The summed E-state index contributed by atoms with van der Waals surface area (Å²) in [6.07, 6.45) is 0.904. The van der Waals surface area contributed by atoms with E-state index in [-0.39, 0.29) is 6.04 Å². The van der Waals surface area contributed by atoms with E-state index in [1.807, 2.05) is 0 Å². The average Bonchev–Trinajstić information content (AvgIpc) is 2.81. The molecule has 0 saturated heterocycles. The predicted octanol–water partition coefficient (Wildman–Crippen LogP) is 3.86. The molecule has 3 rings (SSSR count). The molecule has 1 aliphatic rings. The Hall–Kier alpha value is -1.32. The standard InChI is InChI=1S/C17H19BrN2/c1-12(19)8-15-9-16(18)6-7-17(15)20-10-13-4-2-3-5-14(13)11-20/h2-7,9,12H,8,10-11,19H2,1H3. The first-order valence-electron chi connectivity index (χ1n) is 6.99. The van der Waals surface area contributed by atoms with Crippen molar-refractivity contribution in [2.24, 2.45) is 5.73 Å². The third kappa shape index (κ3) is 2.74. The predicted molar refractivity (Wildman–Crippen MR) is 87.8 cm³/mol. The second-order valence-corrected chi connectivity index (χ2v) is 6.49. The Morgan fingerprint density at radius 2 is 1.80 bits per heavy atom. The van der Waals surface area contributed by atoms with Crippen molar-refractivity contribution in [2.45, 2.75) is 32.5 Å². The van der Waals surface area contributed by atoms with Crippen LogP contribution in [0.25, 0.3) is 0 Å². The van der Waals surface area contributed by atoms with Crippen LogP contribution < -0.4 is 10.6 Å². The molecule has 0 aromatic heterocycles. The van der Waals surface area contributed by atoms with Gasteiger partial charge in [0.15, 0.2) is 0 Å². The van der Waals surface area contributed by atoms with E-state index < -0.39 is 0 Å². The summed E-state index contributed by atoms with van der Waals surface area (Å²) in [6.45, 7) is 4.04. The van der Waals surface area contributed by atoms with Crippen molar-refractivity contribution in [3.63, 3.8) is 0 Å². The zero-order valence-electron chi connectivity index (χ0n) is 11.6. The van der Waals surface area contributed by atoms with E-state index in [0.29, 0.717) is 0 Å². The Labute approximate surface area is 128 Å². The molecule has 0 radical (unpaired) electrons. The minimum atomic E-state index is 0.174. The minimum absolute atomic E-state index is 0.174. The van der Waals surface area contributed by atoms with Gasteiger partial charge in [-0.25, -0.2) is 0 Å². The first kappa shape index (κ1) is 13.7. The second kappa shape index (κ2) is 5.58. The molecule has 1 aliphatic heterocycles. The number of halogens is 1. The maximum atomic E-state index is 5.99. The van der Waals surface area contributed by atoms with Gasteiger partial charge in [-0.3, -0.25) is 0 Å². The van der Waals surface area contributed by atoms with E-state index in [0.717, 1.165) is 24.0 Å². The number of benzene rings is 2. The summed E-state index contributed by atoms with van der Waals surface area (Å²) in [4.78, 5) is 2.44. The fraction of sp³-hybridized carbons (Fsp3) is 0.294. The number of nitrogens with zero attached hydrogens (tertiary/aromatic N) is 1. The summed E-state index contributed by atoms with van der Waals surface area (Å²) in [7, 11) is 0.